The average molecular weight is 182 g/mol. The lowest BCUT2D eigenvalue weighted by atomic mass is 9.95. The Balaban J connectivity index is 2.11. The van der Waals surface area contributed by atoms with Crippen LogP contribution in [0.1, 0.15) is 32.1 Å². The molecule has 1 N–H and O–H groups in total. The number of nitrogens with zero attached hydrogens (tertiary/aromatic N) is 1. The molecule has 0 spiro atoms. The van der Waals surface area contributed by atoms with Crippen LogP contribution in [-0.2, 0) is 4.79 Å². The Morgan fingerprint density at radius 2 is 2.23 bits per heavy atom. The van der Waals surface area contributed by atoms with Gasteiger partial charge in [-0.15, -0.1) is 0 Å². The molecule has 74 valence electrons. The van der Waals surface area contributed by atoms with Gasteiger partial charge in [0.2, 0.25) is 5.91 Å². The molecule has 0 bridgehead atoms. The molecule has 2 heterocycles. The molecule has 2 fully saturated rings. The summed E-state index contributed by atoms with van der Waals surface area (Å²) in [5.74, 6) is 0.330. The van der Waals surface area contributed by atoms with Gasteiger partial charge in [0.15, 0.2) is 0 Å². The topological polar surface area (TPSA) is 32.3 Å². The van der Waals surface area contributed by atoms with Crippen LogP contribution in [0.2, 0.25) is 0 Å². The maximum Gasteiger partial charge on any atom is 0.222 e. The number of hydrogen-bond donors (Lipinski definition) is 1. The first-order chi connectivity index (χ1) is 6.29. The maximum absolute atomic E-state index is 11.6. The van der Waals surface area contributed by atoms with Gasteiger partial charge in [-0.25, -0.2) is 0 Å². The molecular weight excluding hydrogens is 164 g/mol. The van der Waals surface area contributed by atoms with Gasteiger partial charge in [-0.1, -0.05) is 0 Å². The zero-order chi connectivity index (χ0) is 9.26. The predicted octanol–water partition coefficient (Wildman–Crippen LogP) is 0.749. The largest absolute Gasteiger partial charge is 0.341 e. The lowest BCUT2D eigenvalue weighted by Gasteiger charge is -2.36. The van der Waals surface area contributed by atoms with Gasteiger partial charge in [0.25, 0.3) is 0 Å². The number of likely N-dealkylation sites (N-methyl/N-ethyl adjacent to an activating group) is 1. The normalized spacial score (nSPS) is 35.5. The third kappa shape index (κ3) is 1.70. The van der Waals surface area contributed by atoms with E-state index in [1.807, 2.05) is 11.9 Å². The van der Waals surface area contributed by atoms with E-state index in [2.05, 4.69) is 5.32 Å². The van der Waals surface area contributed by atoms with Crippen LogP contribution in [0.15, 0.2) is 0 Å². The van der Waals surface area contributed by atoms with E-state index < -0.39 is 0 Å². The van der Waals surface area contributed by atoms with Gasteiger partial charge in [0.1, 0.15) is 0 Å². The van der Waals surface area contributed by atoms with Crippen LogP contribution in [0, 0.1) is 0 Å². The smallest absolute Gasteiger partial charge is 0.222 e. The zero-order valence-corrected chi connectivity index (χ0v) is 8.25. The van der Waals surface area contributed by atoms with Gasteiger partial charge in [-0.2, -0.15) is 0 Å². The van der Waals surface area contributed by atoms with Gasteiger partial charge in [-0.3, -0.25) is 4.79 Å². The van der Waals surface area contributed by atoms with Gasteiger partial charge in [0.05, 0.1) is 0 Å². The molecule has 0 unspecified atom stereocenters. The van der Waals surface area contributed by atoms with Gasteiger partial charge >= 0.3 is 0 Å². The molecule has 0 aromatic rings. The molecule has 1 amide bonds. The van der Waals surface area contributed by atoms with Crippen molar-refractivity contribution in [3.05, 3.63) is 0 Å². The summed E-state index contributed by atoms with van der Waals surface area (Å²) < 4.78 is 0. The lowest BCUT2D eigenvalue weighted by Crippen LogP contribution is -2.52. The minimum absolute atomic E-state index is 0.330. The second-order valence-corrected chi connectivity index (χ2v) is 4.17. The number of piperidine rings is 1. The molecule has 0 radical (unpaired) electrons. The number of hydrogen-bond acceptors (Lipinski definition) is 2. The minimum atomic E-state index is 0.330. The van der Waals surface area contributed by atoms with Crippen LogP contribution in [0.4, 0.5) is 0 Å². The quantitative estimate of drug-likeness (QED) is 0.599. The second-order valence-electron chi connectivity index (χ2n) is 4.17. The van der Waals surface area contributed by atoms with E-state index in [-0.39, 0.29) is 0 Å². The highest BCUT2D eigenvalue weighted by Gasteiger charge is 2.32. The van der Waals surface area contributed by atoms with Crippen LogP contribution in [0.3, 0.4) is 0 Å². The molecule has 13 heavy (non-hydrogen) atoms. The van der Waals surface area contributed by atoms with E-state index in [0.29, 0.717) is 18.0 Å². The summed E-state index contributed by atoms with van der Waals surface area (Å²) in [7, 11) is 1.96. The Hall–Kier alpha value is -0.570. The average Bonchev–Trinajstić information content (AvgIpc) is 2.29. The van der Waals surface area contributed by atoms with E-state index in [9.17, 15) is 4.79 Å². The summed E-state index contributed by atoms with van der Waals surface area (Å²) in [5.41, 5.74) is 0. The Bertz CT molecular complexity index is 205. The van der Waals surface area contributed by atoms with Gasteiger partial charge < -0.3 is 10.2 Å². The highest BCUT2D eigenvalue weighted by Crippen LogP contribution is 2.23. The highest BCUT2D eigenvalue weighted by molar-refractivity contribution is 5.76. The zero-order valence-electron chi connectivity index (χ0n) is 8.25. The van der Waals surface area contributed by atoms with Crippen molar-refractivity contribution in [1.29, 1.82) is 0 Å². The van der Waals surface area contributed by atoms with Crippen molar-refractivity contribution >= 4 is 5.91 Å². The summed E-state index contributed by atoms with van der Waals surface area (Å²) in [6, 6.07) is 1.02. The van der Waals surface area contributed by atoms with Gasteiger partial charge in [0, 0.05) is 25.6 Å². The lowest BCUT2D eigenvalue weighted by molar-refractivity contribution is -0.131. The van der Waals surface area contributed by atoms with Crippen LogP contribution < -0.4 is 5.32 Å². The fourth-order valence-electron chi connectivity index (χ4n) is 2.53. The SMILES string of the molecule is CN1C(=O)CCC[C@H]2NCCC[C@H]21. The Morgan fingerprint density at radius 3 is 3.08 bits per heavy atom. The molecule has 3 nitrogen and oxygen atoms in total. The van der Waals surface area contributed by atoms with Crippen LogP contribution in [0.25, 0.3) is 0 Å². The first-order valence-electron chi connectivity index (χ1n) is 5.28. The fourth-order valence-corrected chi connectivity index (χ4v) is 2.53. The summed E-state index contributed by atoms with van der Waals surface area (Å²) in [6.45, 7) is 1.13. The Kier molecular flexibility index (Phi) is 2.54. The molecule has 2 atom stereocenters. The Labute approximate surface area is 79.5 Å². The number of carbonyl (C=O) groups excluding carboxylic acids is 1. The van der Waals surface area contributed by atoms with Crippen molar-refractivity contribution < 1.29 is 4.79 Å². The number of carbonyl (C=O) groups is 1. The van der Waals surface area contributed by atoms with Crippen molar-refractivity contribution in [2.24, 2.45) is 0 Å². The van der Waals surface area contributed by atoms with Crippen molar-refractivity contribution in [3.63, 3.8) is 0 Å². The van der Waals surface area contributed by atoms with E-state index in [1.54, 1.807) is 0 Å². The molecule has 2 aliphatic heterocycles. The monoisotopic (exact) mass is 182 g/mol. The molecule has 2 saturated heterocycles. The predicted molar refractivity (Wildman–Crippen MR) is 51.4 cm³/mol. The van der Waals surface area contributed by atoms with Crippen molar-refractivity contribution in [2.45, 2.75) is 44.2 Å². The van der Waals surface area contributed by atoms with E-state index in [1.165, 1.54) is 19.3 Å². The summed E-state index contributed by atoms with van der Waals surface area (Å²) >= 11 is 0. The molecule has 2 rings (SSSR count). The first kappa shape index (κ1) is 9.00. The number of likely N-dealkylation sites (tertiary alicyclic amines) is 1. The number of fused-ring (bicyclic) bond motifs is 1. The van der Waals surface area contributed by atoms with Crippen LogP contribution in [0.5, 0.6) is 0 Å². The maximum atomic E-state index is 11.6. The van der Waals surface area contributed by atoms with E-state index >= 15 is 0 Å². The molecule has 2 aliphatic rings. The fraction of sp³-hybridized carbons (Fsp3) is 0.900. The third-order valence-electron chi connectivity index (χ3n) is 3.34. The second kappa shape index (κ2) is 3.66. The first-order valence-corrected chi connectivity index (χ1v) is 5.28. The van der Waals surface area contributed by atoms with E-state index in [0.717, 1.165) is 19.4 Å². The van der Waals surface area contributed by atoms with Gasteiger partial charge in [-0.05, 0) is 32.2 Å². The van der Waals surface area contributed by atoms with Crippen LogP contribution >= 0.6 is 0 Å². The van der Waals surface area contributed by atoms with Crippen LogP contribution in [-0.4, -0.2) is 36.5 Å². The van der Waals surface area contributed by atoms with E-state index in [4.69, 9.17) is 0 Å². The number of amides is 1. The molecule has 3 heteroatoms. The molecule has 0 aromatic heterocycles. The highest BCUT2D eigenvalue weighted by atomic mass is 16.2. The standard InChI is InChI=1S/C10H18N2O/c1-12-9-5-3-7-11-8(9)4-2-6-10(12)13/h8-9,11H,2-7H2,1H3/t8-,9-/m1/s1. The van der Waals surface area contributed by atoms with Crippen molar-refractivity contribution in [3.8, 4) is 0 Å². The van der Waals surface area contributed by atoms with Crippen molar-refractivity contribution in [2.75, 3.05) is 13.6 Å². The summed E-state index contributed by atoms with van der Waals surface area (Å²) in [6.07, 6.45) is 5.35. The summed E-state index contributed by atoms with van der Waals surface area (Å²) in [5, 5.41) is 3.52. The third-order valence-corrected chi connectivity index (χ3v) is 3.34. The molecule has 0 saturated carbocycles. The Morgan fingerprint density at radius 1 is 1.38 bits per heavy atom. The number of nitrogens with one attached hydrogen (secondary N) is 1. The molecule has 0 aliphatic carbocycles. The summed E-state index contributed by atoms with van der Waals surface area (Å²) in [4.78, 5) is 13.5. The van der Waals surface area contributed by atoms with Crippen molar-refractivity contribution in [1.82, 2.24) is 10.2 Å². The molecule has 0 aromatic carbocycles. The number of rotatable bonds is 0. The minimum Gasteiger partial charge on any atom is -0.341 e. The molecular formula is C10H18N2O.